The Morgan fingerprint density at radius 3 is 2.33 bits per heavy atom. The summed E-state index contributed by atoms with van der Waals surface area (Å²) < 4.78 is 0. The summed E-state index contributed by atoms with van der Waals surface area (Å²) in [5, 5.41) is 0. The Morgan fingerprint density at radius 2 is 1.92 bits per heavy atom. The average molecular weight is 168 g/mol. The second kappa shape index (κ2) is 4.06. The van der Waals surface area contributed by atoms with E-state index in [-0.39, 0.29) is 5.41 Å². The lowest BCUT2D eigenvalue weighted by Gasteiger charge is -2.22. The van der Waals surface area contributed by atoms with Crippen LogP contribution in [0, 0.1) is 11.3 Å². The molecule has 70 valence electrons. The standard InChI is InChI=1S/C11H20O/c1-10(2)5-8-11(9-12)6-3-4-7-11/h9-10H,3-8H2,1-2H3. The maximum Gasteiger partial charge on any atom is 0.126 e. The van der Waals surface area contributed by atoms with E-state index in [2.05, 4.69) is 13.8 Å². The summed E-state index contributed by atoms with van der Waals surface area (Å²) in [5.41, 5.74) is 0.0876. The molecule has 0 amide bonds. The van der Waals surface area contributed by atoms with Crippen LogP contribution in [0.5, 0.6) is 0 Å². The van der Waals surface area contributed by atoms with E-state index in [1.54, 1.807) is 0 Å². The third-order valence-electron chi connectivity index (χ3n) is 3.07. The van der Waals surface area contributed by atoms with E-state index >= 15 is 0 Å². The highest BCUT2D eigenvalue weighted by molar-refractivity contribution is 5.59. The first kappa shape index (κ1) is 9.76. The molecule has 1 fully saturated rings. The number of hydrogen-bond acceptors (Lipinski definition) is 1. The first-order chi connectivity index (χ1) is 5.68. The van der Waals surface area contributed by atoms with Crippen molar-refractivity contribution in [2.45, 2.75) is 52.4 Å². The second-order valence-corrected chi connectivity index (χ2v) is 4.62. The summed E-state index contributed by atoms with van der Waals surface area (Å²) in [6.45, 7) is 4.46. The van der Waals surface area contributed by atoms with Gasteiger partial charge in [-0.15, -0.1) is 0 Å². The molecule has 0 heterocycles. The van der Waals surface area contributed by atoms with E-state index in [0.717, 1.165) is 25.2 Å². The molecule has 0 N–H and O–H groups in total. The Kier molecular flexibility index (Phi) is 3.30. The summed E-state index contributed by atoms with van der Waals surface area (Å²) in [7, 11) is 0. The Bertz CT molecular complexity index is 143. The zero-order chi connectivity index (χ0) is 9.03. The molecule has 0 spiro atoms. The van der Waals surface area contributed by atoms with Crippen LogP contribution >= 0.6 is 0 Å². The van der Waals surface area contributed by atoms with Crippen LogP contribution in [-0.2, 0) is 4.79 Å². The molecule has 1 aliphatic carbocycles. The zero-order valence-electron chi connectivity index (χ0n) is 8.31. The maximum atomic E-state index is 10.9. The van der Waals surface area contributed by atoms with Gasteiger partial charge in [-0.05, 0) is 25.2 Å². The number of rotatable bonds is 4. The van der Waals surface area contributed by atoms with Crippen LogP contribution in [0.3, 0.4) is 0 Å². The third kappa shape index (κ3) is 2.33. The fourth-order valence-electron chi connectivity index (χ4n) is 2.08. The predicted octanol–water partition coefficient (Wildman–Crippen LogP) is 3.18. The molecule has 1 aliphatic rings. The fraction of sp³-hybridized carbons (Fsp3) is 0.909. The van der Waals surface area contributed by atoms with Crippen LogP contribution in [0.25, 0.3) is 0 Å². The van der Waals surface area contributed by atoms with Crippen LogP contribution in [0.15, 0.2) is 0 Å². The highest BCUT2D eigenvalue weighted by atomic mass is 16.1. The SMILES string of the molecule is CC(C)CCC1(C=O)CCCC1. The summed E-state index contributed by atoms with van der Waals surface area (Å²) in [5.74, 6) is 0.738. The van der Waals surface area contributed by atoms with Crippen molar-refractivity contribution in [2.24, 2.45) is 11.3 Å². The Labute approximate surface area is 75.5 Å². The lowest BCUT2D eigenvalue weighted by atomic mass is 9.81. The molecule has 1 heteroatoms. The lowest BCUT2D eigenvalue weighted by molar-refractivity contribution is -0.116. The zero-order valence-corrected chi connectivity index (χ0v) is 8.31. The van der Waals surface area contributed by atoms with Crippen molar-refractivity contribution >= 4 is 6.29 Å². The van der Waals surface area contributed by atoms with Gasteiger partial charge in [0, 0.05) is 5.41 Å². The number of aldehydes is 1. The lowest BCUT2D eigenvalue weighted by Crippen LogP contribution is -2.18. The Morgan fingerprint density at radius 1 is 1.33 bits per heavy atom. The van der Waals surface area contributed by atoms with Crippen molar-refractivity contribution in [1.82, 2.24) is 0 Å². The molecule has 1 saturated carbocycles. The van der Waals surface area contributed by atoms with Gasteiger partial charge in [-0.25, -0.2) is 0 Å². The molecule has 0 aromatic heterocycles. The van der Waals surface area contributed by atoms with E-state index in [9.17, 15) is 4.79 Å². The van der Waals surface area contributed by atoms with Gasteiger partial charge < -0.3 is 4.79 Å². The molecule has 0 aromatic rings. The van der Waals surface area contributed by atoms with Gasteiger partial charge in [0.1, 0.15) is 6.29 Å². The minimum absolute atomic E-state index is 0.0876. The molecule has 0 radical (unpaired) electrons. The fourth-order valence-corrected chi connectivity index (χ4v) is 2.08. The summed E-state index contributed by atoms with van der Waals surface area (Å²) in [6.07, 6.45) is 8.36. The van der Waals surface area contributed by atoms with Gasteiger partial charge in [-0.2, -0.15) is 0 Å². The average Bonchev–Trinajstić information content (AvgIpc) is 2.50. The van der Waals surface area contributed by atoms with Gasteiger partial charge >= 0.3 is 0 Å². The van der Waals surface area contributed by atoms with E-state index in [4.69, 9.17) is 0 Å². The molecule has 0 aromatic carbocycles. The largest absolute Gasteiger partial charge is 0.303 e. The number of carbonyl (C=O) groups is 1. The van der Waals surface area contributed by atoms with Crippen molar-refractivity contribution < 1.29 is 4.79 Å². The minimum atomic E-state index is 0.0876. The second-order valence-electron chi connectivity index (χ2n) is 4.62. The smallest absolute Gasteiger partial charge is 0.126 e. The van der Waals surface area contributed by atoms with Crippen LogP contribution in [0.4, 0.5) is 0 Å². The van der Waals surface area contributed by atoms with Crippen molar-refractivity contribution in [2.75, 3.05) is 0 Å². The first-order valence-electron chi connectivity index (χ1n) is 5.15. The molecule has 1 rings (SSSR count). The molecule has 0 aliphatic heterocycles. The van der Waals surface area contributed by atoms with Gasteiger partial charge in [0.15, 0.2) is 0 Å². The van der Waals surface area contributed by atoms with Crippen LogP contribution < -0.4 is 0 Å². The Balaban J connectivity index is 2.39. The number of hydrogen-bond donors (Lipinski definition) is 0. The highest BCUT2D eigenvalue weighted by Gasteiger charge is 2.32. The molecule has 0 atom stereocenters. The van der Waals surface area contributed by atoms with Crippen LogP contribution in [-0.4, -0.2) is 6.29 Å². The van der Waals surface area contributed by atoms with Crippen molar-refractivity contribution in [3.63, 3.8) is 0 Å². The first-order valence-corrected chi connectivity index (χ1v) is 5.15. The van der Waals surface area contributed by atoms with Gasteiger partial charge in [-0.3, -0.25) is 0 Å². The highest BCUT2D eigenvalue weighted by Crippen LogP contribution is 2.40. The third-order valence-corrected chi connectivity index (χ3v) is 3.07. The molecule has 12 heavy (non-hydrogen) atoms. The van der Waals surface area contributed by atoms with Crippen molar-refractivity contribution in [3.8, 4) is 0 Å². The Hall–Kier alpha value is -0.330. The molecule has 0 saturated heterocycles. The van der Waals surface area contributed by atoms with E-state index in [0.29, 0.717) is 0 Å². The topological polar surface area (TPSA) is 17.1 Å². The maximum absolute atomic E-state index is 10.9. The predicted molar refractivity (Wildman–Crippen MR) is 51.0 cm³/mol. The van der Waals surface area contributed by atoms with Gasteiger partial charge in [-0.1, -0.05) is 33.1 Å². The normalized spacial score (nSPS) is 21.6. The summed E-state index contributed by atoms with van der Waals surface area (Å²) in [6, 6.07) is 0. The minimum Gasteiger partial charge on any atom is -0.303 e. The molecular formula is C11H20O. The quantitative estimate of drug-likeness (QED) is 0.589. The number of carbonyl (C=O) groups excluding carboxylic acids is 1. The van der Waals surface area contributed by atoms with E-state index < -0.39 is 0 Å². The van der Waals surface area contributed by atoms with Crippen molar-refractivity contribution in [1.29, 1.82) is 0 Å². The van der Waals surface area contributed by atoms with E-state index in [1.807, 2.05) is 0 Å². The molecule has 0 unspecified atom stereocenters. The molecule has 0 bridgehead atoms. The summed E-state index contributed by atoms with van der Waals surface area (Å²) >= 11 is 0. The van der Waals surface area contributed by atoms with Gasteiger partial charge in [0.25, 0.3) is 0 Å². The van der Waals surface area contributed by atoms with E-state index in [1.165, 1.54) is 25.5 Å². The van der Waals surface area contributed by atoms with Gasteiger partial charge in [0.2, 0.25) is 0 Å². The van der Waals surface area contributed by atoms with Gasteiger partial charge in [0.05, 0.1) is 0 Å². The molecular weight excluding hydrogens is 148 g/mol. The molecule has 1 nitrogen and oxygen atoms in total. The van der Waals surface area contributed by atoms with Crippen LogP contribution in [0.2, 0.25) is 0 Å². The van der Waals surface area contributed by atoms with Crippen LogP contribution in [0.1, 0.15) is 52.4 Å². The van der Waals surface area contributed by atoms with Crippen molar-refractivity contribution in [3.05, 3.63) is 0 Å². The summed E-state index contributed by atoms with van der Waals surface area (Å²) in [4.78, 5) is 10.9. The monoisotopic (exact) mass is 168 g/mol.